The summed E-state index contributed by atoms with van der Waals surface area (Å²) in [6.45, 7) is 0.856. The van der Waals surface area contributed by atoms with Gasteiger partial charge in [-0.3, -0.25) is 4.79 Å². The molecular weight excluding hydrogens is 306 g/mol. The number of carbonyl (C=O) groups excluding carboxylic acids is 1. The predicted molar refractivity (Wildman–Crippen MR) is 92.6 cm³/mol. The van der Waals surface area contributed by atoms with Gasteiger partial charge in [0.25, 0.3) is 0 Å². The van der Waals surface area contributed by atoms with E-state index < -0.39 is 0 Å². The van der Waals surface area contributed by atoms with Crippen molar-refractivity contribution in [1.29, 1.82) is 0 Å². The van der Waals surface area contributed by atoms with Crippen LogP contribution < -0.4 is 4.74 Å². The van der Waals surface area contributed by atoms with Gasteiger partial charge in [-0.2, -0.15) is 0 Å². The quantitative estimate of drug-likeness (QED) is 0.831. The number of carbonyl (C=O) groups is 1. The minimum absolute atomic E-state index is 0.127. The smallest absolute Gasteiger partial charge is 0.226 e. The van der Waals surface area contributed by atoms with E-state index in [2.05, 4.69) is 12.1 Å². The molecule has 4 heteroatoms. The van der Waals surface area contributed by atoms with Crippen LogP contribution in [0.1, 0.15) is 23.8 Å². The van der Waals surface area contributed by atoms with Gasteiger partial charge in [-0.25, -0.2) is 0 Å². The molecule has 1 heterocycles. The van der Waals surface area contributed by atoms with Crippen LogP contribution in [0.2, 0.25) is 0 Å². The molecule has 3 nitrogen and oxygen atoms in total. The van der Waals surface area contributed by atoms with E-state index in [0.717, 1.165) is 42.2 Å². The molecule has 0 radical (unpaired) electrons. The average molecular weight is 325 g/mol. The fourth-order valence-electron chi connectivity index (χ4n) is 2.89. The first kappa shape index (κ1) is 14.6. The van der Waals surface area contributed by atoms with Crippen molar-refractivity contribution in [1.82, 2.24) is 4.90 Å². The third kappa shape index (κ3) is 3.22. The zero-order chi connectivity index (χ0) is 15.6. The third-order valence-electron chi connectivity index (χ3n) is 4.22. The Kier molecular flexibility index (Phi) is 4.00. The van der Waals surface area contributed by atoms with Crippen molar-refractivity contribution in [2.45, 2.75) is 18.2 Å². The topological polar surface area (TPSA) is 29.5 Å². The fourth-order valence-corrected chi connectivity index (χ4v) is 4.15. The van der Waals surface area contributed by atoms with Crippen molar-refractivity contribution in [3.8, 4) is 11.5 Å². The lowest BCUT2D eigenvalue weighted by Gasteiger charge is -2.24. The Bertz CT molecular complexity index is 700. The molecule has 1 aliphatic carbocycles. The van der Waals surface area contributed by atoms with Crippen LogP contribution in [0.15, 0.2) is 54.6 Å². The standard InChI is InChI=1S/C19H19NO2S/c21-18(14-9-10-14)20-11-12-23-19(20)15-5-4-8-17(13-15)22-16-6-2-1-3-7-16/h1-8,13-14,19H,9-12H2. The lowest BCUT2D eigenvalue weighted by molar-refractivity contribution is -0.132. The van der Waals surface area contributed by atoms with Crippen LogP contribution in [0.4, 0.5) is 0 Å². The number of hydrogen-bond donors (Lipinski definition) is 0. The number of thioether (sulfide) groups is 1. The largest absolute Gasteiger partial charge is 0.457 e. The third-order valence-corrected chi connectivity index (χ3v) is 5.48. The van der Waals surface area contributed by atoms with E-state index >= 15 is 0 Å². The molecule has 4 rings (SSSR count). The summed E-state index contributed by atoms with van der Waals surface area (Å²) in [5, 5.41) is 0.127. The first-order chi connectivity index (χ1) is 11.3. The van der Waals surface area contributed by atoms with Crippen molar-refractivity contribution >= 4 is 17.7 Å². The molecule has 2 aromatic carbocycles. The van der Waals surface area contributed by atoms with Crippen molar-refractivity contribution in [2.75, 3.05) is 12.3 Å². The summed E-state index contributed by atoms with van der Waals surface area (Å²) in [6.07, 6.45) is 2.12. The summed E-state index contributed by atoms with van der Waals surface area (Å²) in [4.78, 5) is 14.5. The Hall–Kier alpha value is -1.94. The second-order valence-corrected chi connectivity index (χ2v) is 7.20. The molecule has 1 amide bonds. The molecule has 0 N–H and O–H groups in total. The summed E-state index contributed by atoms with van der Waals surface area (Å²) in [5.41, 5.74) is 1.15. The fraction of sp³-hybridized carbons (Fsp3) is 0.316. The molecule has 1 unspecified atom stereocenters. The summed E-state index contributed by atoms with van der Waals surface area (Å²) < 4.78 is 5.92. The van der Waals surface area contributed by atoms with Crippen molar-refractivity contribution in [3.05, 3.63) is 60.2 Å². The number of amides is 1. The lowest BCUT2D eigenvalue weighted by Crippen LogP contribution is -2.31. The van der Waals surface area contributed by atoms with Crippen molar-refractivity contribution < 1.29 is 9.53 Å². The molecule has 1 saturated heterocycles. The van der Waals surface area contributed by atoms with Gasteiger partial charge >= 0.3 is 0 Å². The van der Waals surface area contributed by atoms with Gasteiger partial charge in [-0.05, 0) is 42.7 Å². The monoisotopic (exact) mass is 325 g/mol. The van der Waals surface area contributed by atoms with E-state index in [4.69, 9.17) is 4.74 Å². The Morgan fingerprint density at radius 3 is 2.61 bits per heavy atom. The SMILES string of the molecule is O=C(C1CC1)N1CCSC1c1cccc(Oc2ccccc2)c1. The highest BCUT2D eigenvalue weighted by Crippen LogP contribution is 2.43. The Labute approximate surface area is 140 Å². The van der Waals surface area contributed by atoms with E-state index in [1.54, 1.807) is 0 Å². The first-order valence-corrected chi connectivity index (χ1v) is 9.11. The molecule has 118 valence electrons. The van der Waals surface area contributed by atoms with Crippen molar-refractivity contribution in [3.63, 3.8) is 0 Å². The van der Waals surface area contributed by atoms with Crippen molar-refractivity contribution in [2.24, 2.45) is 5.92 Å². The molecule has 0 aromatic heterocycles. The van der Waals surface area contributed by atoms with E-state index in [9.17, 15) is 4.79 Å². The molecule has 2 aromatic rings. The van der Waals surface area contributed by atoms with E-state index in [-0.39, 0.29) is 11.3 Å². The number of rotatable bonds is 4. The van der Waals surface area contributed by atoms with E-state index in [1.807, 2.05) is 59.1 Å². The van der Waals surface area contributed by atoms with Gasteiger partial charge in [0.1, 0.15) is 16.9 Å². The van der Waals surface area contributed by atoms with Gasteiger partial charge in [0.2, 0.25) is 5.91 Å². The second-order valence-electron chi connectivity index (χ2n) is 6.02. The molecule has 0 bridgehead atoms. The molecule has 1 atom stereocenters. The molecule has 23 heavy (non-hydrogen) atoms. The Balaban J connectivity index is 1.54. The number of para-hydroxylation sites is 1. The zero-order valence-corrected chi connectivity index (χ0v) is 13.7. The van der Waals surface area contributed by atoms with E-state index in [1.165, 1.54) is 0 Å². The maximum Gasteiger partial charge on any atom is 0.226 e. The molecular formula is C19H19NO2S. The van der Waals surface area contributed by atoms with E-state index in [0.29, 0.717) is 5.91 Å². The van der Waals surface area contributed by atoms with Gasteiger partial charge in [-0.1, -0.05) is 30.3 Å². The minimum atomic E-state index is 0.127. The highest BCUT2D eigenvalue weighted by atomic mass is 32.2. The number of nitrogens with zero attached hydrogens (tertiary/aromatic N) is 1. The summed E-state index contributed by atoms with van der Waals surface area (Å²) in [7, 11) is 0. The average Bonchev–Trinajstić information content (AvgIpc) is 3.32. The van der Waals surface area contributed by atoms with Crippen LogP contribution in [-0.2, 0) is 4.79 Å². The maximum absolute atomic E-state index is 12.4. The number of benzene rings is 2. The first-order valence-electron chi connectivity index (χ1n) is 8.06. The minimum Gasteiger partial charge on any atom is -0.457 e. The number of ether oxygens (including phenoxy) is 1. The molecule has 1 aliphatic heterocycles. The van der Waals surface area contributed by atoms with Gasteiger partial charge in [-0.15, -0.1) is 11.8 Å². The highest BCUT2D eigenvalue weighted by Gasteiger charge is 2.39. The lowest BCUT2D eigenvalue weighted by atomic mass is 10.2. The van der Waals surface area contributed by atoms with Crippen LogP contribution in [-0.4, -0.2) is 23.1 Å². The molecule has 2 fully saturated rings. The normalized spacial score (nSPS) is 20.5. The van der Waals surface area contributed by atoms with Gasteiger partial charge < -0.3 is 9.64 Å². The van der Waals surface area contributed by atoms with Gasteiger partial charge in [0, 0.05) is 18.2 Å². The summed E-state index contributed by atoms with van der Waals surface area (Å²) in [6, 6.07) is 17.9. The predicted octanol–water partition coefficient (Wildman–Crippen LogP) is 4.46. The van der Waals surface area contributed by atoms with Gasteiger partial charge in [0.05, 0.1) is 0 Å². The second kappa shape index (κ2) is 6.28. The summed E-state index contributed by atoms with van der Waals surface area (Å²) >= 11 is 1.84. The highest BCUT2D eigenvalue weighted by molar-refractivity contribution is 7.99. The maximum atomic E-state index is 12.4. The molecule has 1 saturated carbocycles. The summed E-state index contributed by atoms with van der Waals surface area (Å²) in [5.74, 6) is 3.26. The van der Waals surface area contributed by atoms with Crippen LogP contribution in [0.25, 0.3) is 0 Å². The van der Waals surface area contributed by atoms with Crippen LogP contribution >= 0.6 is 11.8 Å². The molecule has 2 aliphatic rings. The Morgan fingerprint density at radius 1 is 1.04 bits per heavy atom. The van der Waals surface area contributed by atoms with Crippen LogP contribution in [0, 0.1) is 5.92 Å². The van der Waals surface area contributed by atoms with Gasteiger partial charge in [0.15, 0.2) is 0 Å². The number of hydrogen-bond acceptors (Lipinski definition) is 3. The van der Waals surface area contributed by atoms with Crippen LogP contribution in [0.3, 0.4) is 0 Å². The molecule has 0 spiro atoms. The Morgan fingerprint density at radius 2 is 1.83 bits per heavy atom. The van der Waals surface area contributed by atoms with Crippen LogP contribution in [0.5, 0.6) is 11.5 Å². The zero-order valence-electron chi connectivity index (χ0n) is 12.9.